The molecule has 0 amide bonds. The van der Waals surface area contributed by atoms with Gasteiger partial charge in [0, 0.05) is 0 Å². The van der Waals surface area contributed by atoms with Crippen molar-refractivity contribution >= 4 is 0 Å². The zero-order valence-electron chi connectivity index (χ0n) is 10.3. The summed E-state index contributed by atoms with van der Waals surface area (Å²) in [7, 11) is 0. The van der Waals surface area contributed by atoms with Crippen molar-refractivity contribution in [3.63, 3.8) is 0 Å². The fraction of sp³-hybridized carbons (Fsp3) is 0.600. The summed E-state index contributed by atoms with van der Waals surface area (Å²) in [5.41, 5.74) is -1.50. The van der Waals surface area contributed by atoms with E-state index in [2.05, 4.69) is 14.7 Å². The van der Waals surface area contributed by atoms with Gasteiger partial charge in [-0.25, -0.2) is 4.98 Å². The Balaban J connectivity index is 3.06. The van der Waals surface area contributed by atoms with Crippen LogP contribution >= 0.6 is 0 Å². The van der Waals surface area contributed by atoms with Crippen molar-refractivity contribution in [1.29, 1.82) is 0 Å². The second-order valence-electron chi connectivity index (χ2n) is 3.94. The van der Waals surface area contributed by atoms with Crippen LogP contribution < -0.4 is 9.47 Å². The van der Waals surface area contributed by atoms with Crippen LogP contribution in [0.1, 0.15) is 19.4 Å². The molecule has 114 valence electrons. The summed E-state index contributed by atoms with van der Waals surface area (Å²) in [5, 5.41) is 0. The summed E-state index contributed by atoms with van der Waals surface area (Å²) >= 11 is 0. The summed E-state index contributed by atoms with van der Waals surface area (Å²) in [5.74, 6) is -1.22. The van der Waals surface area contributed by atoms with Gasteiger partial charge in [-0.1, -0.05) is 0 Å². The first-order valence-corrected chi connectivity index (χ1v) is 5.29. The molecular weight excluding hydrogens is 294 g/mol. The summed E-state index contributed by atoms with van der Waals surface area (Å²) in [4.78, 5) is 6.48. The highest BCUT2D eigenvalue weighted by Crippen LogP contribution is 2.35. The molecule has 0 aliphatic carbocycles. The van der Waals surface area contributed by atoms with Gasteiger partial charge < -0.3 is 9.47 Å². The quantitative estimate of drug-likeness (QED) is 0.801. The van der Waals surface area contributed by atoms with Crippen molar-refractivity contribution < 1.29 is 35.8 Å². The number of hydrogen-bond acceptors (Lipinski definition) is 4. The summed E-state index contributed by atoms with van der Waals surface area (Å²) in [6.45, 7) is 1.21. The van der Waals surface area contributed by atoms with Crippen molar-refractivity contribution in [2.24, 2.45) is 0 Å². The SMILES string of the molecule is CC(C)Oc1ncc(C(F)(F)F)c(OCC(F)(F)F)n1. The maximum Gasteiger partial charge on any atom is 0.423 e. The molecule has 0 saturated carbocycles. The maximum absolute atomic E-state index is 12.6. The maximum atomic E-state index is 12.6. The van der Waals surface area contributed by atoms with Crippen LogP contribution in [0, 0.1) is 0 Å². The fourth-order valence-corrected chi connectivity index (χ4v) is 1.07. The van der Waals surface area contributed by atoms with Gasteiger partial charge in [-0.15, -0.1) is 0 Å². The van der Waals surface area contributed by atoms with Gasteiger partial charge in [0.2, 0.25) is 5.88 Å². The molecule has 0 unspecified atom stereocenters. The van der Waals surface area contributed by atoms with E-state index in [1.54, 1.807) is 13.8 Å². The van der Waals surface area contributed by atoms with E-state index in [-0.39, 0.29) is 0 Å². The van der Waals surface area contributed by atoms with Gasteiger partial charge >= 0.3 is 18.4 Å². The van der Waals surface area contributed by atoms with Crippen LogP contribution in [0.2, 0.25) is 0 Å². The van der Waals surface area contributed by atoms with Gasteiger partial charge in [-0.2, -0.15) is 31.3 Å². The summed E-state index contributed by atoms with van der Waals surface area (Å²) in [6, 6.07) is -0.495. The molecule has 0 N–H and O–H groups in total. The number of ether oxygens (including phenoxy) is 2. The number of aromatic nitrogens is 2. The Morgan fingerprint density at radius 3 is 2.20 bits per heavy atom. The van der Waals surface area contributed by atoms with Gasteiger partial charge in [-0.05, 0) is 13.8 Å². The molecule has 0 aromatic carbocycles. The Labute approximate surface area is 109 Å². The molecule has 4 nitrogen and oxygen atoms in total. The summed E-state index contributed by atoms with van der Waals surface area (Å²) in [6.07, 6.45) is -9.86. The molecule has 10 heteroatoms. The smallest absolute Gasteiger partial charge is 0.423 e. The largest absolute Gasteiger partial charge is 0.467 e. The molecule has 0 aliphatic heterocycles. The van der Waals surface area contributed by atoms with Crippen LogP contribution in [-0.4, -0.2) is 28.9 Å². The van der Waals surface area contributed by atoms with Gasteiger partial charge in [0.1, 0.15) is 5.56 Å². The molecule has 1 aromatic rings. The molecule has 1 aromatic heterocycles. The fourth-order valence-electron chi connectivity index (χ4n) is 1.07. The zero-order chi connectivity index (χ0) is 15.6. The third-order valence-corrected chi connectivity index (χ3v) is 1.75. The van der Waals surface area contributed by atoms with Gasteiger partial charge in [0.25, 0.3) is 0 Å². The van der Waals surface area contributed by atoms with E-state index in [4.69, 9.17) is 4.74 Å². The van der Waals surface area contributed by atoms with Crippen molar-refractivity contribution in [3.8, 4) is 11.9 Å². The zero-order valence-corrected chi connectivity index (χ0v) is 10.3. The molecule has 0 bridgehead atoms. The second-order valence-corrected chi connectivity index (χ2v) is 3.94. The Kier molecular flexibility index (Phi) is 4.66. The minimum Gasteiger partial charge on any atom is -0.467 e. The lowest BCUT2D eigenvalue weighted by Crippen LogP contribution is -2.22. The van der Waals surface area contributed by atoms with Crippen LogP contribution in [0.3, 0.4) is 0 Å². The van der Waals surface area contributed by atoms with E-state index in [1.165, 1.54) is 0 Å². The molecule has 0 atom stereocenters. The molecule has 0 radical (unpaired) electrons. The molecule has 1 rings (SSSR count). The highest BCUT2D eigenvalue weighted by Gasteiger charge is 2.38. The first-order valence-electron chi connectivity index (χ1n) is 5.29. The minimum atomic E-state index is -4.93. The number of halogens is 6. The van der Waals surface area contributed by atoms with E-state index in [1.807, 2.05) is 0 Å². The lowest BCUT2D eigenvalue weighted by molar-refractivity contribution is -0.159. The van der Waals surface area contributed by atoms with Crippen LogP contribution in [0.5, 0.6) is 11.9 Å². The first-order chi connectivity index (χ1) is 8.99. The van der Waals surface area contributed by atoms with Crippen molar-refractivity contribution in [2.45, 2.75) is 32.3 Å². The van der Waals surface area contributed by atoms with Crippen LogP contribution in [0.4, 0.5) is 26.3 Å². The van der Waals surface area contributed by atoms with Crippen molar-refractivity contribution in [2.75, 3.05) is 6.61 Å². The van der Waals surface area contributed by atoms with Crippen molar-refractivity contribution in [3.05, 3.63) is 11.8 Å². The Morgan fingerprint density at radius 2 is 1.75 bits per heavy atom. The van der Waals surface area contributed by atoms with Crippen LogP contribution in [-0.2, 0) is 6.18 Å². The standard InChI is InChI=1S/C10H10F6N2O2/c1-5(2)20-8-17-3-6(10(14,15)16)7(18-8)19-4-9(11,12)13/h3,5H,4H2,1-2H3. The predicted molar refractivity (Wildman–Crippen MR) is 54.3 cm³/mol. The third-order valence-electron chi connectivity index (χ3n) is 1.75. The number of alkyl halides is 6. The highest BCUT2D eigenvalue weighted by molar-refractivity contribution is 5.28. The lowest BCUT2D eigenvalue weighted by Gasteiger charge is -2.15. The number of nitrogens with zero attached hydrogens (tertiary/aromatic N) is 2. The molecule has 0 aliphatic rings. The molecule has 0 spiro atoms. The van der Waals surface area contributed by atoms with E-state index < -0.39 is 42.5 Å². The second kappa shape index (κ2) is 5.71. The lowest BCUT2D eigenvalue weighted by atomic mass is 10.3. The summed E-state index contributed by atoms with van der Waals surface area (Å²) < 4.78 is 82.7. The van der Waals surface area contributed by atoms with E-state index >= 15 is 0 Å². The van der Waals surface area contributed by atoms with Crippen LogP contribution in [0.25, 0.3) is 0 Å². The van der Waals surface area contributed by atoms with E-state index in [9.17, 15) is 26.3 Å². The average Bonchev–Trinajstić information content (AvgIpc) is 2.23. The molecule has 20 heavy (non-hydrogen) atoms. The van der Waals surface area contributed by atoms with Gasteiger partial charge in [-0.3, -0.25) is 0 Å². The number of hydrogen-bond donors (Lipinski definition) is 0. The highest BCUT2D eigenvalue weighted by atomic mass is 19.4. The van der Waals surface area contributed by atoms with Crippen LogP contribution in [0.15, 0.2) is 6.20 Å². The van der Waals surface area contributed by atoms with E-state index in [0.717, 1.165) is 0 Å². The molecule has 1 heterocycles. The molecular formula is C10H10F6N2O2. The van der Waals surface area contributed by atoms with Gasteiger partial charge in [0.15, 0.2) is 6.61 Å². The predicted octanol–water partition coefficient (Wildman–Crippen LogP) is 3.22. The normalized spacial score (nSPS) is 12.7. The monoisotopic (exact) mass is 304 g/mol. The Hall–Kier alpha value is -1.74. The minimum absolute atomic E-state index is 0.316. The Bertz CT molecular complexity index is 458. The van der Waals surface area contributed by atoms with Crippen molar-refractivity contribution in [1.82, 2.24) is 9.97 Å². The average molecular weight is 304 g/mol. The molecule has 0 fully saturated rings. The van der Waals surface area contributed by atoms with Gasteiger partial charge in [0.05, 0.1) is 12.3 Å². The number of rotatable bonds is 4. The topological polar surface area (TPSA) is 44.2 Å². The molecule has 0 saturated heterocycles. The Morgan fingerprint density at radius 1 is 1.15 bits per heavy atom. The first kappa shape index (κ1) is 16.3. The third kappa shape index (κ3) is 5.10. The van der Waals surface area contributed by atoms with E-state index in [0.29, 0.717) is 6.20 Å².